The van der Waals surface area contributed by atoms with Crippen LogP contribution in [-0.4, -0.2) is 108 Å². The molecular weight excluding hydrogens is 748 g/mol. The molecule has 1 aliphatic carbocycles. The number of nitrogens with one attached hydrogen (secondary N) is 1. The van der Waals surface area contributed by atoms with E-state index in [2.05, 4.69) is 10.2 Å². The van der Waals surface area contributed by atoms with Crippen molar-refractivity contribution in [1.29, 1.82) is 0 Å². The number of ether oxygens (including phenoxy) is 7. The number of nitrogens with zero attached hydrogens (tertiary/aromatic N) is 1. The Morgan fingerprint density at radius 2 is 1.59 bits per heavy atom. The summed E-state index contributed by atoms with van der Waals surface area (Å²) in [5.74, 6) is -4.45. The highest BCUT2D eigenvalue weighted by Crippen LogP contribution is 2.56. The quantitative estimate of drug-likeness (QED) is 0.244. The van der Waals surface area contributed by atoms with Crippen molar-refractivity contribution in [1.82, 2.24) is 10.2 Å². The molecule has 4 fully saturated rings. The topological polar surface area (TPSA) is 168 Å². The van der Waals surface area contributed by atoms with Gasteiger partial charge in [0.1, 0.15) is 12.4 Å². The summed E-state index contributed by atoms with van der Waals surface area (Å²) in [6.45, 7) is 12.9. The Morgan fingerprint density at radius 1 is 0.948 bits per heavy atom. The van der Waals surface area contributed by atoms with Crippen molar-refractivity contribution in [2.24, 2.45) is 29.6 Å². The second kappa shape index (κ2) is 17.6. The number of alkyl carbamates (subject to hydrolysis) is 1. The van der Waals surface area contributed by atoms with E-state index in [1.54, 1.807) is 34.6 Å². The number of hydrogen-bond acceptors (Lipinski definition) is 13. The molecule has 6 rings (SSSR count). The largest absolute Gasteiger partial charge is 0.509 e. The molecule has 3 aliphatic heterocycles. The number of Topliss-reactive ketones (excluding diaryl/α,β-unsaturated/α-hetero) is 1. The molecule has 14 heteroatoms. The van der Waals surface area contributed by atoms with Gasteiger partial charge in [-0.15, -0.1) is 0 Å². The minimum absolute atomic E-state index is 0.0109. The summed E-state index contributed by atoms with van der Waals surface area (Å²) < 4.78 is 43.2. The van der Waals surface area contributed by atoms with Gasteiger partial charge in [0, 0.05) is 37.3 Å². The van der Waals surface area contributed by atoms with Gasteiger partial charge in [-0.3, -0.25) is 14.5 Å². The van der Waals surface area contributed by atoms with Crippen LogP contribution in [-0.2, 0) is 55.9 Å². The average Bonchev–Trinajstić information content (AvgIpc) is 3.56. The summed E-state index contributed by atoms with van der Waals surface area (Å²) in [5.41, 5.74) is -0.641. The number of benzene rings is 2. The summed E-state index contributed by atoms with van der Waals surface area (Å²) in [6, 6.07) is 18.0. The zero-order chi connectivity index (χ0) is 42.1. The monoisotopic (exact) mass is 808 g/mol. The van der Waals surface area contributed by atoms with Crippen LogP contribution < -0.4 is 5.32 Å². The third-order valence-electron chi connectivity index (χ3n) is 13.0. The van der Waals surface area contributed by atoms with Crippen LogP contribution >= 0.6 is 0 Å². The number of likely N-dealkylation sites (N-methyl/N-ethyl adjacent to an activating group) is 1. The Balaban J connectivity index is 1.34. The first-order valence-electron chi connectivity index (χ1n) is 20.4. The molecule has 2 aromatic rings. The Kier molecular flexibility index (Phi) is 13.2. The lowest BCUT2D eigenvalue weighted by molar-refractivity contribution is -0.303. The van der Waals surface area contributed by atoms with Crippen molar-refractivity contribution >= 4 is 24.0 Å². The van der Waals surface area contributed by atoms with Crippen LogP contribution in [0.25, 0.3) is 0 Å². The fourth-order valence-corrected chi connectivity index (χ4v) is 9.49. The smallest absolute Gasteiger partial charge is 0.457 e. The number of rotatable bonds is 9. The third kappa shape index (κ3) is 8.77. The molecule has 318 valence electrons. The minimum atomic E-state index is -1.34. The van der Waals surface area contributed by atoms with Gasteiger partial charge in [0.2, 0.25) is 0 Å². The highest BCUT2D eigenvalue weighted by atomic mass is 16.8. The van der Waals surface area contributed by atoms with Gasteiger partial charge < -0.3 is 43.6 Å². The van der Waals surface area contributed by atoms with Crippen molar-refractivity contribution in [3.05, 3.63) is 71.8 Å². The maximum atomic E-state index is 14.3. The van der Waals surface area contributed by atoms with Crippen molar-refractivity contribution in [3.8, 4) is 0 Å². The van der Waals surface area contributed by atoms with Gasteiger partial charge in [-0.1, -0.05) is 88.4 Å². The fourth-order valence-electron chi connectivity index (χ4n) is 9.49. The molecule has 1 unspecified atom stereocenters. The number of esters is 1. The summed E-state index contributed by atoms with van der Waals surface area (Å²) in [4.78, 5) is 56.3. The summed E-state index contributed by atoms with van der Waals surface area (Å²) >= 11 is 0. The first kappa shape index (κ1) is 43.5. The standard InChI is InChI=1S/C44H60N2O12/c1-24-21-43(7,52-9)37(27(4)34(48)28(5)39(49)56-38-29(6)44(38)36(26(3)33(24)47)45-41(50)58-44)57-40-35(55-42(51)53-23-31-18-14-11-15-19-31)32(20-25(2)54-40)46(8)22-30-16-12-10-13-17-30/h10-19,24-29,32,34-38,40,48H,20-23H2,1-9H3,(H,45,50)/t24-,25-,26+,27+,28-,29?,32+,34+,35-,36-,37-,38-,40+,43+,44+/m1/s1. The lowest BCUT2D eigenvalue weighted by Gasteiger charge is -2.48. The molecule has 3 saturated heterocycles. The second-order valence-electron chi connectivity index (χ2n) is 17.1. The molecule has 2 aromatic carbocycles. The van der Waals surface area contributed by atoms with E-state index in [4.69, 9.17) is 33.2 Å². The maximum absolute atomic E-state index is 14.3. The van der Waals surface area contributed by atoms with E-state index in [9.17, 15) is 24.3 Å². The van der Waals surface area contributed by atoms with E-state index in [1.165, 1.54) is 7.11 Å². The number of carbonyl (C=O) groups is 4. The zero-order valence-corrected chi connectivity index (χ0v) is 35.0. The molecule has 0 aromatic heterocycles. The molecule has 4 aliphatic rings. The first-order valence-corrected chi connectivity index (χ1v) is 20.4. The molecule has 2 N–H and O–H groups in total. The van der Waals surface area contributed by atoms with Gasteiger partial charge in [0.15, 0.2) is 24.1 Å². The van der Waals surface area contributed by atoms with Crippen LogP contribution in [0.15, 0.2) is 60.7 Å². The van der Waals surface area contributed by atoms with Crippen LogP contribution in [0.2, 0.25) is 0 Å². The molecule has 0 bridgehead atoms. The molecule has 58 heavy (non-hydrogen) atoms. The highest BCUT2D eigenvalue weighted by molar-refractivity contribution is 5.86. The van der Waals surface area contributed by atoms with Gasteiger partial charge >= 0.3 is 18.2 Å². The Labute approximate surface area is 341 Å². The molecule has 1 saturated carbocycles. The average molecular weight is 809 g/mol. The molecule has 1 spiro atoms. The van der Waals surface area contributed by atoms with Crippen molar-refractivity contribution < 1.29 is 57.4 Å². The van der Waals surface area contributed by atoms with Gasteiger partial charge in [-0.2, -0.15) is 0 Å². The number of aliphatic hydroxyl groups is 1. The Bertz CT molecular complexity index is 1760. The van der Waals surface area contributed by atoms with E-state index in [0.717, 1.165) is 11.1 Å². The molecule has 3 heterocycles. The SMILES string of the molecule is CO[C@@]1(C)C[C@@H](C)C(=O)[C@H](C)[C@H]2NC(=O)O[C@@]23C(C)[C@H]3OC(=O)[C@H](C)[C@@H](O)[C@H](C)[C@H]1O[C@@H]1O[C@H](C)C[C@H](N(C)Cc2ccccc2)[C@H]1OC(=O)OCc1ccccc1. The maximum Gasteiger partial charge on any atom is 0.509 e. The number of amides is 1. The van der Waals surface area contributed by atoms with Crippen LogP contribution in [0.5, 0.6) is 0 Å². The van der Waals surface area contributed by atoms with E-state index in [1.807, 2.05) is 81.6 Å². The second-order valence-corrected chi connectivity index (χ2v) is 17.1. The number of ketones is 1. The van der Waals surface area contributed by atoms with Crippen molar-refractivity contribution in [2.45, 2.75) is 135 Å². The summed E-state index contributed by atoms with van der Waals surface area (Å²) in [5, 5.41) is 14.8. The zero-order valence-electron chi connectivity index (χ0n) is 35.0. The van der Waals surface area contributed by atoms with Crippen LogP contribution in [0.1, 0.15) is 72.4 Å². The third-order valence-corrected chi connectivity index (χ3v) is 13.0. The van der Waals surface area contributed by atoms with E-state index in [0.29, 0.717) is 13.0 Å². The molecule has 1 amide bonds. The first-order chi connectivity index (χ1) is 27.5. The summed E-state index contributed by atoms with van der Waals surface area (Å²) in [7, 11) is 3.45. The van der Waals surface area contributed by atoms with Gasteiger partial charge in [-0.25, -0.2) is 9.59 Å². The molecule has 15 atom stereocenters. The summed E-state index contributed by atoms with van der Waals surface area (Å²) in [6.07, 6.45) is -6.74. The van der Waals surface area contributed by atoms with Gasteiger partial charge in [0.05, 0.1) is 41.9 Å². The minimum Gasteiger partial charge on any atom is -0.457 e. The van der Waals surface area contributed by atoms with Crippen molar-refractivity contribution in [3.63, 3.8) is 0 Å². The van der Waals surface area contributed by atoms with Gasteiger partial charge in [0.25, 0.3) is 0 Å². The van der Waals surface area contributed by atoms with E-state index >= 15 is 0 Å². The van der Waals surface area contributed by atoms with E-state index < -0.39 is 95.9 Å². The predicted molar refractivity (Wildman–Crippen MR) is 210 cm³/mol. The van der Waals surface area contributed by atoms with Crippen LogP contribution in [0.4, 0.5) is 9.59 Å². The predicted octanol–water partition coefficient (Wildman–Crippen LogP) is 5.42. The Hall–Kier alpha value is -4.08. The number of methoxy groups -OCH3 is 1. The fraction of sp³-hybridized carbons (Fsp3) is 0.636. The van der Waals surface area contributed by atoms with Crippen molar-refractivity contribution in [2.75, 3.05) is 14.2 Å². The number of hydrogen-bond donors (Lipinski definition) is 2. The Morgan fingerprint density at radius 3 is 2.22 bits per heavy atom. The lowest BCUT2D eigenvalue weighted by Crippen LogP contribution is -2.61. The molecule has 0 radical (unpaired) electrons. The molecular formula is C44H60N2O12. The van der Waals surface area contributed by atoms with Gasteiger partial charge in [-0.05, 0) is 51.8 Å². The number of aliphatic hydroxyl groups excluding tert-OH is 1. The lowest BCUT2D eigenvalue weighted by atomic mass is 9.75. The van der Waals surface area contributed by atoms with E-state index in [-0.39, 0.29) is 30.8 Å². The highest BCUT2D eigenvalue weighted by Gasteiger charge is 2.77. The van der Waals surface area contributed by atoms with Crippen LogP contribution in [0.3, 0.4) is 0 Å². The normalized spacial score (nSPS) is 39.3. The van der Waals surface area contributed by atoms with Crippen LogP contribution in [0, 0.1) is 29.6 Å². The molecule has 14 nitrogen and oxygen atoms in total. The number of carbonyl (C=O) groups excluding carboxylic acids is 4.